The van der Waals surface area contributed by atoms with Crippen LogP contribution in [0.4, 0.5) is 0 Å². The minimum Gasteiger partial charge on any atom is -0.492 e. The summed E-state index contributed by atoms with van der Waals surface area (Å²) in [5, 5.41) is 0. The van der Waals surface area contributed by atoms with Crippen LogP contribution in [-0.4, -0.2) is 36.7 Å². The lowest BCUT2D eigenvalue weighted by molar-refractivity contribution is -0.154. The molecule has 5 nitrogen and oxygen atoms in total. The molecule has 0 N–H and O–H groups in total. The molecule has 1 saturated heterocycles. The van der Waals surface area contributed by atoms with Crippen molar-refractivity contribution in [3.05, 3.63) is 48.2 Å². The Hall–Kier alpha value is -1.85. The van der Waals surface area contributed by atoms with Crippen LogP contribution in [0.3, 0.4) is 0 Å². The van der Waals surface area contributed by atoms with E-state index in [4.69, 9.17) is 18.9 Å². The number of esters is 1. The largest absolute Gasteiger partial charge is 0.492 e. The fourth-order valence-corrected chi connectivity index (χ4v) is 2.50. The number of fused-ring (bicyclic) bond motifs is 1. The third-order valence-electron chi connectivity index (χ3n) is 3.44. The van der Waals surface area contributed by atoms with E-state index in [9.17, 15) is 4.79 Å². The number of ether oxygens (including phenoxy) is 4. The van der Waals surface area contributed by atoms with Crippen LogP contribution >= 0.6 is 0 Å². The maximum atomic E-state index is 11.9. The molecule has 2 aliphatic heterocycles. The zero-order valence-electron chi connectivity index (χ0n) is 12.0. The van der Waals surface area contributed by atoms with Crippen LogP contribution in [0.2, 0.25) is 0 Å². The SMILES string of the molecule is CC1(C)O[C@@H]2[C@@H](C=CO[C@@H]2COC(=O)c2ccccc2)O1. The van der Waals surface area contributed by atoms with Gasteiger partial charge in [0.1, 0.15) is 18.8 Å². The van der Waals surface area contributed by atoms with E-state index in [1.807, 2.05) is 26.0 Å². The van der Waals surface area contributed by atoms with Crippen molar-refractivity contribution < 1.29 is 23.7 Å². The van der Waals surface area contributed by atoms with Crippen LogP contribution in [0.25, 0.3) is 0 Å². The van der Waals surface area contributed by atoms with Crippen molar-refractivity contribution >= 4 is 5.97 Å². The van der Waals surface area contributed by atoms with Crippen molar-refractivity contribution in [2.45, 2.75) is 37.9 Å². The highest BCUT2D eigenvalue weighted by molar-refractivity contribution is 5.89. The number of benzene rings is 1. The number of carbonyl (C=O) groups is 1. The molecule has 1 fully saturated rings. The summed E-state index contributed by atoms with van der Waals surface area (Å²) in [4.78, 5) is 11.9. The topological polar surface area (TPSA) is 54.0 Å². The average Bonchev–Trinajstić information content (AvgIpc) is 2.80. The van der Waals surface area contributed by atoms with Crippen molar-refractivity contribution in [3.8, 4) is 0 Å². The fraction of sp³-hybridized carbons (Fsp3) is 0.438. The van der Waals surface area contributed by atoms with Crippen molar-refractivity contribution in [1.29, 1.82) is 0 Å². The zero-order chi connectivity index (χ0) is 14.9. The van der Waals surface area contributed by atoms with E-state index in [0.29, 0.717) is 5.56 Å². The van der Waals surface area contributed by atoms with Gasteiger partial charge in [0.25, 0.3) is 0 Å². The van der Waals surface area contributed by atoms with Gasteiger partial charge in [-0.2, -0.15) is 0 Å². The van der Waals surface area contributed by atoms with Gasteiger partial charge in [-0.25, -0.2) is 4.79 Å². The quantitative estimate of drug-likeness (QED) is 0.799. The van der Waals surface area contributed by atoms with Crippen LogP contribution < -0.4 is 0 Å². The van der Waals surface area contributed by atoms with Gasteiger partial charge in [0.15, 0.2) is 11.9 Å². The molecule has 5 heteroatoms. The molecule has 3 rings (SSSR count). The molecule has 0 amide bonds. The van der Waals surface area contributed by atoms with Gasteiger partial charge in [0, 0.05) is 0 Å². The molecule has 0 saturated carbocycles. The van der Waals surface area contributed by atoms with Gasteiger partial charge < -0.3 is 18.9 Å². The summed E-state index contributed by atoms with van der Waals surface area (Å²) in [5.74, 6) is -1.03. The molecule has 2 aliphatic rings. The summed E-state index contributed by atoms with van der Waals surface area (Å²) in [7, 11) is 0. The monoisotopic (exact) mass is 290 g/mol. The molecule has 2 heterocycles. The van der Waals surface area contributed by atoms with Crippen molar-refractivity contribution in [3.63, 3.8) is 0 Å². The Balaban J connectivity index is 1.61. The minimum atomic E-state index is -0.658. The second kappa shape index (κ2) is 5.50. The summed E-state index contributed by atoms with van der Waals surface area (Å²) >= 11 is 0. The normalized spacial score (nSPS) is 29.5. The van der Waals surface area contributed by atoms with E-state index in [-0.39, 0.29) is 30.9 Å². The molecule has 112 valence electrons. The van der Waals surface area contributed by atoms with Crippen LogP contribution in [0.5, 0.6) is 0 Å². The molecule has 3 atom stereocenters. The Bertz CT molecular complexity index is 537. The Morgan fingerprint density at radius 1 is 1.24 bits per heavy atom. The first-order valence-corrected chi connectivity index (χ1v) is 6.95. The van der Waals surface area contributed by atoms with Crippen molar-refractivity contribution in [2.75, 3.05) is 6.61 Å². The molecule has 0 aromatic heterocycles. The lowest BCUT2D eigenvalue weighted by Gasteiger charge is -2.27. The molecule has 1 aromatic rings. The average molecular weight is 290 g/mol. The van der Waals surface area contributed by atoms with Gasteiger partial charge in [-0.15, -0.1) is 0 Å². The van der Waals surface area contributed by atoms with E-state index in [0.717, 1.165) is 0 Å². The summed E-state index contributed by atoms with van der Waals surface area (Å²) in [6, 6.07) is 8.87. The predicted molar refractivity (Wildman–Crippen MR) is 74.6 cm³/mol. The van der Waals surface area contributed by atoms with Crippen LogP contribution in [0.1, 0.15) is 24.2 Å². The Morgan fingerprint density at radius 2 is 2.00 bits per heavy atom. The first-order chi connectivity index (χ1) is 10.1. The predicted octanol–water partition coefficient (Wildman–Crippen LogP) is 2.28. The number of hydrogen-bond acceptors (Lipinski definition) is 5. The van der Waals surface area contributed by atoms with Crippen molar-refractivity contribution in [2.24, 2.45) is 0 Å². The van der Waals surface area contributed by atoms with Crippen LogP contribution in [0.15, 0.2) is 42.7 Å². The molecule has 0 radical (unpaired) electrons. The van der Waals surface area contributed by atoms with E-state index in [1.54, 1.807) is 30.5 Å². The van der Waals surface area contributed by atoms with Gasteiger partial charge in [-0.1, -0.05) is 18.2 Å². The Kier molecular flexibility index (Phi) is 3.69. The molecular formula is C16H18O5. The molecule has 0 bridgehead atoms. The molecule has 21 heavy (non-hydrogen) atoms. The van der Waals surface area contributed by atoms with Crippen LogP contribution in [-0.2, 0) is 18.9 Å². The van der Waals surface area contributed by atoms with E-state index in [2.05, 4.69) is 0 Å². The van der Waals surface area contributed by atoms with Gasteiger partial charge in [0.2, 0.25) is 0 Å². The lowest BCUT2D eigenvalue weighted by atomic mass is 10.1. The second-order valence-electron chi connectivity index (χ2n) is 5.53. The maximum Gasteiger partial charge on any atom is 0.338 e. The Labute approximate surface area is 123 Å². The van der Waals surface area contributed by atoms with Gasteiger partial charge in [0.05, 0.1) is 11.8 Å². The van der Waals surface area contributed by atoms with Crippen LogP contribution in [0, 0.1) is 0 Å². The minimum absolute atomic E-state index is 0.124. The molecule has 1 aromatic carbocycles. The highest BCUT2D eigenvalue weighted by Gasteiger charge is 2.46. The molecule has 0 aliphatic carbocycles. The van der Waals surface area contributed by atoms with E-state index >= 15 is 0 Å². The highest BCUT2D eigenvalue weighted by atomic mass is 16.8. The highest BCUT2D eigenvalue weighted by Crippen LogP contribution is 2.33. The standard InChI is InChI=1S/C16H18O5/c1-16(2)20-12-8-9-18-13(14(12)21-16)10-19-15(17)11-6-4-3-5-7-11/h3-9,12-14H,10H2,1-2H3/t12-,13-,14-/m1/s1. The summed E-state index contributed by atoms with van der Waals surface area (Å²) in [5.41, 5.74) is 0.518. The van der Waals surface area contributed by atoms with Gasteiger partial charge in [-0.05, 0) is 32.1 Å². The Morgan fingerprint density at radius 3 is 2.76 bits per heavy atom. The number of rotatable bonds is 3. The number of hydrogen-bond donors (Lipinski definition) is 0. The zero-order valence-corrected chi connectivity index (χ0v) is 12.0. The van der Waals surface area contributed by atoms with Gasteiger partial charge in [-0.3, -0.25) is 0 Å². The third-order valence-corrected chi connectivity index (χ3v) is 3.44. The molecular weight excluding hydrogens is 272 g/mol. The van der Waals surface area contributed by atoms with Gasteiger partial charge >= 0.3 is 5.97 Å². The maximum absolute atomic E-state index is 11.9. The van der Waals surface area contributed by atoms with E-state index < -0.39 is 5.79 Å². The van der Waals surface area contributed by atoms with E-state index in [1.165, 1.54) is 0 Å². The summed E-state index contributed by atoms with van der Waals surface area (Å²) in [6.45, 7) is 3.83. The first-order valence-electron chi connectivity index (χ1n) is 6.95. The third kappa shape index (κ3) is 3.09. The number of carbonyl (C=O) groups excluding carboxylic acids is 1. The summed E-state index contributed by atoms with van der Waals surface area (Å²) in [6.07, 6.45) is 2.58. The smallest absolute Gasteiger partial charge is 0.338 e. The second-order valence-corrected chi connectivity index (χ2v) is 5.53. The van der Waals surface area contributed by atoms with Crippen molar-refractivity contribution in [1.82, 2.24) is 0 Å². The summed E-state index contributed by atoms with van der Waals surface area (Å²) < 4.78 is 22.4. The first kappa shape index (κ1) is 14.1. The lowest BCUT2D eigenvalue weighted by Crippen LogP contribution is -2.41. The molecule has 0 spiro atoms. The fourth-order valence-electron chi connectivity index (χ4n) is 2.50. The molecule has 0 unspecified atom stereocenters.